The lowest BCUT2D eigenvalue weighted by Crippen LogP contribution is -2.08. The van der Waals surface area contributed by atoms with E-state index in [0.717, 1.165) is 44.4 Å². The lowest BCUT2D eigenvalue weighted by atomic mass is 10.1. The van der Waals surface area contributed by atoms with Gasteiger partial charge in [-0.2, -0.15) is 10.2 Å². The fraction of sp³-hybridized carbons (Fsp3) is 0.129. The normalized spacial score (nSPS) is 11.1. The van der Waals surface area contributed by atoms with Gasteiger partial charge in [-0.1, -0.05) is 24.3 Å². The number of methoxy groups -OCH3 is 2. The largest absolute Gasteiger partial charge is 0.497 e. The molecule has 194 valence electrons. The van der Waals surface area contributed by atoms with Gasteiger partial charge in [0.25, 0.3) is 0 Å². The second-order valence-corrected chi connectivity index (χ2v) is 9.23. The summed E-state index contributed by atoms with van der Waals surface area (Å²) < 4.78 is 19.9. The van der Waals surface area contributed by atoms with Gasteiger partial charge in [0.2, 0.25) is 0 Å². The first-order valence-electron chi connectivity index (χ1n) is 12.5. The molecule has 0 aliphatic carbocycles. The molecule has 0 N–H and O–H groups in total. The van der Waals surface area contributed by atoms with Crippen LogP contribution in [0.25, 0.3) is 21.8 Å². The number of rotatable bonds is 8. The molecule has 0 fully saturated rings. The minimum absolute atomic E-state index is 0.426. The number of hydrogen-bond donors (Lipinski definition) is 0. The Morgan fingerprint density at radius 2 is 1.13 bits per heavy atom. The van der Waals surface area contributed by atoms with Gasteiger partial charge in [-0.15, -0.1) is 0 Å². The van der Waals surface area contributed by atoms with Crippen LogP contribution in [0.5, 0.6) is 17.2 Å². The van der Waals surface area contributed by atoms with Crippen LogP contribution in [0.1, 0.15) is 21.5 Å². The number of ether oxygens (including phenoxy) is 3. The summed E-state index contributed by atoms with van der Waals surface area (Å²) in [6.45, 7) is 1.24. The zero-order valence-electron chi connectivity index (χ0n) is 21.6. The number of benzene rings is 4. The van der Waals surface area contributed by atoms with E-state index in [1.165, 1.54) is 0 Å². The van der Waals surface area contributed by atoms with Gasteiger partial charge in [0.05, 0.1) is 43.9 Å². The molecule has 0 aliphatic rings. The monoisotopic (exact) mass is 518 g/mol. The minimum Gasteiger partial charge on any atom is -0.497 e. The van der Waals surface area contributed by atoms with Crippen LogP contribution in [0, 0.1) is 0 Å². The van der Waals surface area contributed by atoms with Crippen molar-refractivity contribution in [2.75, 3.05) is 14.2 Å². The maximum atomic E-state index is 13.0. The Morgan fingerprint density at radius 3 is 1.67 bits per heavy atom. The summed E-state index contributed by atoms with van der Waals surface area (Å²) in [5, 5.41) is 11.0. The summed E-state index contributed by atoms with van der Waals surface area (Å²) >= 11 is 0. The molecule has 8 nitrogen and oxygen atoms in total. The van der Waals surface area contributed by atoms with Crippen LogP contribution in [0.2, 0.25) is 0 Å². The molecule has 0 saturated carbocycles. The van der Waals surface area contributed by atoms with Crippen molar-refractivity contribution in [2.24, 2.45) is 0 Å². The summed E-state index contributed by atoms with van der Waals surface area (Å²) in [5.41, 5.74) is 4.31. The van der Waals surface area contributed by atoms with E-state index in [-0.39, 0.29) is 0 Å². The van der Waals surface area contributed by atoms with Gasteiger partial charge in [-0.25, -0.2) is 4.79 Å². The van der Waals surface area contributed by atoms with Crippen LogP contribution in [0.3, 0.4) is 0 Å². The first kappa shape index (κ1) is 24.2. The van der Waals surface area contributed by atoms with Gasteiger partial charge in [0.1, 0.15) is 17.2 Å². The minimum atomic E-state index is -0.426. The molecular weight excluding hydrogens is 492 g/mol. The third-order valence-electron chi connectivity index (χ3n) is 6.53. The number of nitrogens with zero attached hydrogens (tertiary/aromatic N) is 4. The maximum Gasteiger partial charge on any atom is 0.343 e. The third kappa shape index (κ3) is 5.31. The first-order chi connectivity index (χ1) is 19.1. The summed E-state index contributed by atoms with van der Waals surface area (Å²) in [5.74, 6) is 1.67. The van der Waals surface area contributed by atoms with Crippen molar-refractivity contribution in [1.29, 1.82) is 0 Å². The van der Waals surface area contributed by atoms with E-state index in [1.807, 2.05) is 88.5 Å². The fourth-order valence-corrected chi connectivity index (χ4v) is 4.49. The van der Waals surface area contributed by atoms with Gasteiger partial charge >= 0.3 is 5.97 Å². The van der Waals surface area contributed by atoms with Crippen molar-refractivity contribution >= 4 is 27.8 Å². The molecule has 2 heterocycles. The van der Waals surface area contributed by atoms with Gasteiger partial charge in [-0.3, -0.25) is 9.36 Å². The van der Waals surface area contributed by atoms with Crippen molar-refractivity contribution in [2.45, 2.75) is 13.1 Å². The van der Waals surface area contributed by atoms with Crippen LogP contribution in [0.15, 0.2) is 97.3 Å². The van der Waals surface area contributed by atoms with Crippen molar-refractivity contribution in [1.82, 2.24) is 19.6 Å². The average molecular weight is 519 g/mol. The standard InChI is InChI=1S/C31H26N4O4/c1-37-26-8-3-21(4-9-26)17-34-19-24-15-23(7-13-29(24)32-34)31(36)39-28-12-14-30-25(16-28)20-35(33-30)18-22-5-10-27(38-2)11-6-22/h3-16,19-20H,17-18H2,1-2H3. The van der Waals surface area contributed by atoms with Crippen molar-refractivity contribution in [3.8, 4) is 17.2 Å². The second-order valence-electron chi connectivity index (χ2n) is 9.23. The molecule has 6 aromatic rings. The molecule has 39 heavy (non-hydrogen) atoms. The Morgan fingerprint density at radius 1 is 0.641 bits per heavy atom. The molecule has 0 spiro atoms. The van der Waals surface area contributed by atoms with Gasteiger partial charge < -0.3 is 14.2 Å². The summed E-state index contributed by atoms with van der Waals surface area (Å²) in [6, 6.07) is 26.6. The topological polar surface area (TPSA) is 80.4 Å². The van der Waals surface area contributed by atoms with Crippen LogP contribution in [0.4, 0.5) is 0 Å². The molecule has 0 amide bonds. The quantitative estimate of drug-likeness (QED) is 0.189. The molecule has 4 aromatic carbocycles. The Balaban J connectivity index is 1.15. The van der Waals surface area contributed by atoms with E-state index in [9.17, 15) is 4.79 Å². The van der Waals surface area contributed by atoms with Crippen molar-refractivity contribution in [3.05, 3.63) is 114 Å². The van der Waals surface area contributed by atoms with Crippen LogP contribution in [-0.4, -0.2) is 39.7 Å². The number of fused-ring (bicyclic) bond motifs is 2. The number of aromatic nitrogens is 4. The molecule has 0 unspecified atom stereocenters. The predicted octanol–water partition coefficient (Wildman–Crippen LogP) is 5.72. The van der Waals surface area contributed by atoms with E-state index in [4.69, 9.17) is 14.2 Å². The molecule has 0 atom stereocenters. The highest BCUT2D eigenvalue weighted by molar-refractivity contribution is 5.96. The highest BCUT2D eigenvalue weighted by Crippen LogP contribution is 2.23. The van der Waals surface area contributed by atoms with E-state index in [1.54, 1.807) is 32.4 Å². The Bertz CT molecular complexity index is 1770. The van der Waals surface area contributed by atoms with Crippen LogP contribution in [-0.2, 0) is 13.1 Å². The van der Waals surface area contributed by atoms with E-state index < -0.39 is 5.97 Å². The molecule has 2 aromatic heterocycles. The van der Waals surface area contributed by atoms with Gasteiger partial charge in [0.15, 0.2) is 0 Å². The molecule has 0 radical (unpaired) electrons. The van der Waals surface area contributed by atoms with Crippen LogP contribution >= 0.6 is 0 Å². The second kappa shape index (κ2) is 10.3. The van der Waals surface area contributed by atoms with Gasteiger partial charge in [-0.05, 0) is 71.8 Å². The average Bonchev–Trinajstić information content (AvgIpc) is 3.55. The Kier molecular flexibility index (Phi) is 6.42. The van der Waals surface area contributed by atoms with E-state index >= 15 is 0 Å². The smallest absolute Gasteiger partial charge is 0.343 e. The van der Waals surface area contributed by atoms with Crippen molar-refractivity contribution in [3.63, 3.8) is 0 Å². The predicted molar refractivity (Wildman–Crippen MR) is 149 cm³/mol. The highest BCUT2D eigenvalue weighted by atomic mass is 16.5. The molecular formula is C31H26N4O4. The number of carbonyl (C=O) groups is 1. The Labute approximate surface area is 225 Å². The van der Waals surface area contributed by atoms with Crippen LogP contribution < -0.4 is 14.2 Å². The Hall–Kier alpha value is -5.11. The van der Waals surface area contributed by atoms with Crippen molar-refractivity contribution < 1.29 is 19.0 Å². The lowest BCUT2D eigenvalue weighted by Gasteiger charge is -2.04. The summed E-state index contributed by atoms with van der Waals surface area (Å²) in [6.07, 6.45) is 3.87. The fourth-order valence-electron chi connectivity index (χ4n) is 4.49. The first-order valence-corrected chi connectivity index (χ1v) is 12.5. The molecule has 0 saturated heterocycles. The SMILES string of the molecule is COc1ccc(Cn2cc3cc(OC(=O)c4ccc5nn(Cc6ccc(OC)cc6)cc5c4)ccc3n2)cc1. The molecule has 6 rings (SSSR count). The zero-order valence-corrected chi connectivity index (χ0v) is 21.6. The molecule has 0 aliphatic heterocycles. The number of esters is 1. The number of hydrogen-bond acceptors (Lipinski definition) is 6. The highest BCUT2D eigenvalue weighted by Gasteiger charge is 2.13. The molecule has 8 heteroatoms. The zero-order chi connectivity index (χ0) is 26.8. The summed E-state index contributed by atoms with van der Waals surface area (Å²) in [4.78, 5) is 13.0. The van der Waals surface area contributed by atoms with Gasteiger partial charge in [0, 0.05) is 23.2 Å². The summed E-state index contributed by atoms with van der Waals surface area (Å²) in [7, 11) is 3.30. The third-order valence-corrected chi connectivity index (χ3v) is 6.53. The number of carbonyl (C=O) groups excluding carboxylic acids is 1. The van der Waals surface area contributed by atoms with E-state index in [0.29, 0.717) is 24.4 Å². The van der Waals surface area contributed by atoms with E-state index in [2.05, 4.69) is 10.2 Å². The maximum absolute atomic E-state index is 13.0. The lowest BCUT2D eigenvalue weighted by molar-refractivity contribution is 0.0735. The molecule has 0 bridgehead atoms.